The van der Waals surface area contributed by atoms with Crippen molar-refractivity contribution in [3.8, 4) is 17.6 Å². The zero-order chi connectivity index (χ0) is 20.4. The molecule has 2 amide bonds. The summed E-state index contributed by atoms with van der Waals surface area (Å²) in [6, 6.07) is 17.5. The van der Waals surface area contributed by atoms with Crippen LogP contribution in [-0.2, 0) is 0 Å². The molecule has 0 atom stereocenters. The average Bonchev–Trinajstić information content (AvgIpc) is 2.76. The van der Waals surface area contributed by atoms with Crippen molar-refractivity contribution in [2.24, 2.45) is 5.10 Å². The van der Waals surface area contributed by atoms with E-state index in [1.807, 2.05) is 18.2 Å². The van der Waals surface area contributed by atoms with Gasteiger partial charge < -0.3 is 9.47 Å². The summed E-state index contributed by atoms with van der Waals surface area (Å²) in [6.45, 7) is -0.106. The van der Waals surface area contributed by atoms with Crippen molar-refractivity contribution in [2.75, 3.05) is 13.7 Å². The van der Waals surface area contributed by atoms with E-state index in [0.29, 0.717) is 33.6 Å². The van der Waals surface area contributed by atoms with Crippen molar-refractivity contribution in [1.29, 1.82) is 5.26 Å². The third-order valence-electron chi connectivity index (χ3n) is 4.55. The SMILES string of the molecule is COc1cc(/C=N\N2C(=O)c3cccc4cccc(c34)C2=O)ccc1OCC#N. The number of benzene rings is 3. The normalized spacial score (nSPS) is 13.0. The summed E-state index contributed by atoms with van der Waals surface area (Å²) in [5, 5.41) is 15.1. The molecule has 0 bridgehead atoms. The lowest BCUT2D eigenvalue weighted by molar-refractivity contribution is 0.0616. The van der Waals surface area contributed by atoms with E-state index >= 15 is 0 Å². The monoisotopic (exact) mass is 385 g/mol. The number of methoxy groups -OCH3 is 1. The summed E-state index contributed by atoms with van der Waals surface area (Å²) >= 11 is 0. The number of nitriles is 1. The zero-order valence-electron chi connectivity index (χ0n) is 15.5. The van der Waals surface area contributed by atoms with Gasteiger partial charge in [-0.1, -0.05) is 24.3 Å². The maximum atomic E-state index is 12.8. The molecule has 29 heavy (non-hydrogen) atoms. The standard InChI is InChI=1S/C22H15N3O4/c1-28-19-12-14(8-9-18(19)29-11-10-23)13-24-25-21(26)16-6-2-4-15-5-3-7-17(20(15)16)22(25)27/h2-9,12-13H,11H2,1H3/b24-13-. The first-order valence-electron chi connectivity index (χ1n) is 8.76. The molecular formula is C22H15N3O4. The van der Waals surface area contributed by atoms with E-state index in [-0.39, 0.29) is 6.61 Å². The Hall–Kier alpha value is -4.18. The first kappa shape index (κ1) is 18.2. The van der Waals surface area contributed by atoms with E-state index < -0.39 is 11.8 Å². The van der Waals surface area contributed by atoms with E-state index in [9.17, 15) is 9.59 Å². The van der Waals surface area contributed by atoms with Crippen LogP contribution in [0.1, 0.15) is 26.3 Å². The van der Waals surface area contributed by atoms with Gasteiger partial charge in [0.2, 0.25) is 0 Å². The van der Waals surface area contributed by atoms with Crippen LogP contribution >= 0.6 is 0 Å². The van der Waals surface area contributed by atoms with Gasteiger partial charge in [-0.2, -0.15) is 15.4 Å². The van der Waals surface area contributed by atoms with Gasteiger partial charge in [0.05, 0.1) is 24.5 Å². The Morgan fingerprint density at radius 1 is 1.03 bits per heavy atom. The predicted octanol–water partition coefficient (Wildman–Crippen LogP) is 3.38. The highest BCUT2D eigenvalue weighted by Gasteiger charge is 2.32. The number of amides is 2. The first-order chi connectivity index (χ1) is 14.1. The number of hydrogen-bond acceptors (Lipinski definition) is 6. The Balaban J connectivity index is 1.67. The van der Waals surface area contributed by atoms with Crippen molar-refractivity contribution in [3.05, 3.63) is 71.3 Å². The van der Waals surface area contributed by atoms with Crippen LogP contribution in [-0.4, -0.2) is 36.8 Å². The molecule has 0 saturated carbocycles. The molecule has 0 saturated heterocycles. The maximum absolute atomic E-state index is 12.8. The highest BCUT2D eigenvalue weighted by molar-refractivity contribution is 6.25. The maximum Gasteiger partial charge on any atom is 0.282 e. The van der Waals surface area contributed by atoms with E-state index in [1.54, 1.807) is 42.5 Å². The Morgan fingerprint density at radius 3 is 2.34 bits per heavy atom. The molecule has 4 rings (SSSR count). The average molecular weight is 385 g/mol. The summed E-state index contributed by atoms with van der Waals surface area (Å²) in [4.78, 5) is 25.7. The van der Waals surface area contributed by atoms with Gasteiger partial charge in [0.25, 0.3) is 11.8 Å². The Morgan fingerprint density at radius 2 is 1.72 bits per heavy atom. The number of carbonyl (C=O) groups excluding carboxylic acids is 2. The fourth-order valence-electron chi connectivity index (χ4n) is 3.24. The Labute approximate surface area is 166 Å². The largest absolute Gasteiger partial charge is 0.493 e. The molecular weight excluding hydrogens is 370 g/mol. The third kappa shape index (κ3) is 3.17. The summed E-state index contributed by atoms with van der Waals surface area (Å²) in [5.74, 6) is -0.125. The number of carbonyl (C=O) groups is 2. The van der Waals surface area contributed by atoms with Crippen LogP contribution in [0.5, 0.6) is 11.5 Å². The van der Waals surface area contributed by atoms with Crippen LogP contribution < -0.4 is 9.47 Å². The molecule has 3 aromatic rings. The van der Waals surface area contributed by atoms with Gasteiger partial charge >= 0.3 is 0 Å². The van der Waals surface area contributed by atoms with Gasteiger partial charge in [0, 0.05) is 5.39 Å². The molecule has 0 aliphatic carbocycles. The van der Waals surface area contributed by atoms with Crippen LogP contribution in [0.15, 0.2) is 59.7 Å². The number of rotatable bonds is 5. The molecule has 0 spiro atoms. The second-order valence-corrected chi connectivity index (χ2v) is 6.23. The number of hydrazone groups is 1. The number of ether oxygens (including phenoxy) is 2. The van der Waals surface area contributed by atoms with Crippen LogP contribution in [0.25, 0.3) is 10.8 Å². The summed E-state index contributed by atoms with van der Waals surface area (Å²) in [5.41, 5.74) is 1.48. The molecule has 1 aliphatic heterocycles. The van der Waals surface area contributed by atoms with Gasteiger partial charge in [-0.15, -0.1) is 0 Å². The third-order valence-corrected chi connectivity index (χ3v) is 4.55. The molecule has 0 aromatic heterocycles. The van der Waals surface area contributed by atoms with Gasteiger partial charge in [-0.05, 0) is 41.3 Å². The lowest BCUT2D eigenvalue weighted by atomic mass is 9.95. The van der Waals surface area contributed by atoms with Crippen molar-refractivity contribution in [1.82, 2.24) is 5.01 Å². The summed E-state index contributed by atoms with van der Waals surface area (Å²) in [7, 11) is 1.48. The fraction of sp³-hybridized carbons (Fsp3) is 0.0909. The lowest BCUT2D eigenvalue weighted by Crippen LogP contribution is -2.36. The molecule has 0 radical (unpaired) electrons. The molecule has 3 aromatic carbocycles. The van der Waals surface area contributed by atoms with Gasteiger partial charge in [0.1, 0.15) is 6.07 Å². The van der Waals surface area contributed by atoms with E-state index in [4.69, 9.17) is 14.7 Å². The van der Waals surface area contributed by atoms with E-state index in [2.05, 4.69) is 5.10 Å². The zero-order valence-corrected chi connectivity index (χ0v) is 15.5. The minimum Gasteiger partial charge on any atom is -0.493 e. The highest BCUT2D eigenvalue weighted by atomic mass is 16.5. The van der Waals surface area contributed by atoms with Crippen LogP contribution in [0.4, 0.5) is 0 Å². The minimum absolute atomic E-state index is 0.106. The van der Waals surface area contributed by atoms with Gasteiger partial charge in [-0.3, -0.25) is 9.59 Å². The second-order valence-electron chi connectivity index (χ2n) is 6.23. The fourth-order valence-corrected chi connectivity index (χ4v) is 3.24. The lowest BCUT2D eigenvalue weighted by Gasteiger charge is -2.23. The van der Waals surface area contributed by atoms with Gasteiger partial charge in [0.15, 0.2) is 18.1 Å². The summed E-state index contributed by atoms with van der Waals surface area (Å²) in [6.07, 6.45) is 1.40. The van der Waals surface area contributed by atoms with Crippen LogP contribution in [0.3, 0.4) is 0 Å². The van der Waals surface area contributed by atoms with Crippen molar-refractivity contribution in [2.45, 2.75) is 0 Å². The van der Waals surface area contributed by atoms with E-state index in [1.165, 1.54) is 13.3 Å². The quantitative estimate of drug-likeness (QED) is 0.496. The minimum atomic E-state index is -0.475. The van der Waals surface area contributed by atoms with Crippen molar-refractivity contribution >= 4 is 28.8 Å². The molecule has 7 heteroatoms. The summed E-state index contributed by atoms with van der Waals surface area (Å²) < 4.78 is 10.5. The number of nitrogens with zero attached hydrogens (tertiary/aromatic N) is 3. The molecule has 0 unspecified atom stereocenters. The van der Waals surface area contributed by atoms with Gasteiger partial charge in [-0.25, -0.2) is 0 Å². The molecule has 1 aliphatic rings. The molecule has 0 N–H and O–H groups in total. The molecule has 7 nitrogen and oxygen atoms in total. The van der Waals surface area contributed by atoms with Crippen LogP contribution in [0, 0.1) is 11.3 Å². The number of imide groups is 1. The molecule has 142 valence electrons. The predicted molar refractivity (Wildman–Crippen MR) is 106 cm³/mol. The number of hydrogen-bond donors (Lipinski definition) is 0. The topological polar surface area (TPSA) is 92.0 Å². The van der Waals surface area contributed by atoms with Crippen molar-refractivity contribution in [3.63, 3.8) is 0 Å². The molecule has 0 fully saturated rings. The Kier molecular flexibility index (Phi) is 4.67. The molecule has 1 heterocycles. The Bertz CT molecular complexity index is 1160. The van der Waals surface area contributed by atoms with Crippen molar-refractivity contribution < 1.29 is 19.1 Å². The highest BCUT2D eigenvalue weighted by Crippen LogP contribution is 2.30. The van der Waals surface area contributed by atoms with E-state index in [0.717, 1.165) is 10.4 Å². The first-order valence-corrected chi connectivity index (χ1v) is 8.76. The smallest absolute Gasteiger partial charge is 0.282 e. The second kappa shape index (κ2) is 7.44. The van der Waals surface area contributed by atoms with Crippen LogP contribution in [0.2, 0.25) is 0 Å².